The Morgan fingerprint density at radius 3 is 2.44 bits per heavy atom. The van der Waals surface area contributed by atoms with Gasteiger partial charge < -0.3 is 19.3 Å². The van der Waals surface area contributed by atoms with Crippen molar-refractivity contribution >= 4 is 11.9 Å². The lowest BCUT2D eigenvalue weighted by atomic mass is 10.1. The lowest BCUT2D eigenvalue weighted by molar-refractivity contribution is 0.0602. The SMILES string of the molecule is COC(=O)c1c(-c2ccccc2)noc1NCc1ccc(OC)cc1. The number of benzene rings is 2. The summed E-state index contributed by atoms with van der Waals surface area (Å²) in [6, 6.07) is 16.9. The van der Waals surface area contributed by atoms with Crippen LogP contribution in [0.5, 0.6) is 5.75 Å². The van der Waals surface area contributed by atoms with Crippen LogP contribution in [0.15, 0.2) is 59.1 Å². The Hall–Kier alpha value is -3.28. The van der Waals surface area contributed by atoms with Gasteiger partial charge in [0.15, 0.2) is 5.56 Å². The Balaban J connectivity index is 1.85. The van der Waals surface area contributed by atoms with Crippen LogP contribution in [0.4, 0.5) is 5.88 Å². The van der Waals surface area contributed by atoms with Gasteiger partial charge in [0.25, 0.3) is 0 Å². The second-order valence-corrected chi connectivity index (χ2v) is 5.29. The van der Waals surface area contributed by atoms with Crippen LogP contribution in [0, 0.1) is 0 Å². The molecule has 0 amide bonds. The van der Waals surface area contributed by atoms with E-state index in [4.69, 9.17) is 14.0 Å². The third-order valence-corrected chi connectivity index (χ3v) is 3.74. The molecular formula is C19H18N2O4. The van der Waals surface area contributed by atoms with E-state index in [0.29, 0.717) is 12.2 Å². The Kier molecular flexibility index (Phi) is 4.99. The van der Waals surface area contributed by atoms with Crippen molar-refractivity contribution in [3.05, 3.63) is 65.7 Å². The molecule has 0 fully saturated rings. The van der Waals surface area contributed by atoms with Gasteiger partial charge >= 0.3 is 5.97 Å². The maximum atomic E-state index is 12.2. The molecule has 1 heterocycles. The predicted octanol–water partition coefficient (Wildman–Crippen LogP) is 3.75. The van der Waals surface area contributed by atoms with Crippen LogP contribution < -0.4 is 10.1 Å². The molecule has 0 saturated carbocycles. The fourth-order valence-corrected chi connectivity index (χ4v) is 2.42. The van der Waals surface area contributed by atoms with E-state index < -0.39 is 5.97 Å². The van der Waals surface area contributed by atoms with Crippen LogP contribution >= 0.6 is 0 Å². The van der Waals surface area contributed by atoms with Crippen molar-refractivity contribution < 1.29 is 18.8 Å². The van der Waals surface area contributed by atoms with Gasteiger partial charge in [0.1, 0.15) is 11.4 Å². The number of methoxy groups -OCH3 is 2. The van der Waals surface area contributed by atoms with Crippen molar-refractivity contribution in [1.29, 1.82) is 0 Å². The summed E-state index contributed by atoms with van der Waals surface area (Å²) in [6.07, 6.45) is 0. The number of rotatable bonds is 6. The lowest BCUT2D eigenvalue weighted by Crippen LogP contribution is -2.07. The van der Waals surface area contributed by atoms with Crippen molar-refractivity contribution in [2.45, 2.75) is 6.54 Å². The lowest BCUT2D eigenvalue weighted by Gasteiger charge is -2.06. The highest BCUT2D eigenvalue weighted by molar-refractivity contribution is 6.00. The molecule has 0 aliphatic heterocycles. The summed E-state index contributed by atoms with van der Waals surface area (Å²) in [4.78, 5) is 12.2. The molecule has 0 radical (unpaired) electrons. The number of ether oxygens (including phenoxy) is 2. The first-order valence-electron chi connectivity index (χ1n) is 7.73. The van der Waals surface area contributed by atoms with E-state index in [1.165, 1.54) is 7.11 Å². The van der Waals surface area contributed by atoms with E-state index in [-0.39, 0.29) is 11.4 Å². The second kappa shape index (κ2) is 7.53. The zero-order valence-corrected chi connectivity index (χ0v) is 14.0. The molecule has 128 valence electrons. The highest BCUT2D eigenvalue weighted by Gasteiger charge is 2.24. The molecule has 25 heavy (non-hydrogen) atoms. The number of esters is 1. The largest absolute Gasteiger partial charge is 0.497 e. The summed E-state index contributed by atoms with van der Waals surface area (Å²) in [7, 11) is 2.95. The maximum Gasteiger partial charge on any atom is 0.345 e. The maximum absolute atomic E-state index is 12.2. The summed E-state index contributed by atoms with van der Waals surface area (Å²) in [5, 5.41) is 7.14. The third-order valence-electron chi connectivity index (χ3n) is 3.74. The molecule has 0 bridgehead atoms. The Morgan fingerprint density at radius 1 is 1.08 bits per heavy atom. The number of nitrogens with one attached hydrogen (secondary N) is 1. The fraction of sp³-hybridized carbons (Fsp3) is 0.158. The summed E-state index contributed by atoms with van der Waals surface area (Å²) in [5.41, 5.74) is 2.52. The Morgan fingerprint density at radius 2 is 1.80 bits per heavy atom. The van der Waals surface area contributed by atoms with Crippen molar-refractivity contribution in [3.8, 4) is 17.0 Å². The minimum atomic E-state index is -0.502. The van der Waals surface area contributed by atoms with Gasteiger partial charge in [0.05, 0.1) is 14.2 Å². The highest BCUT2D eigenvalue weighted by atomic mass is 16.5. The molecule has 1 N–H and O–H groups in total. The average Bonchev–Trinajstić information content (AvgIpc) is 3.10. The minimum absolute atomic E-state index is 0.279. The number of anilines is 1. The van der Waals surface area contributed by atoms with Crippen molar-refractivity contribution in [1.82, 2.24) is 5.16 Å². The molecule has 1 aromatic heterocycles. The summed E-state index contributed by atoms with van der Waals surface area (Å²) in [6.45, 7) is 0.470. The number of aromatic nitrogens is 1. The first kappa shape index (κ1) is 16.6. The van der Waals surface area contributed by atoms with E-state index >= 15 is 0 Å². The topological polar surface area (TPSA) is 73.6 Å². The Labute approximate surface area is 145 Å². The van der Waals surface area contributed by atoms with Crippen LogP contribution in [-0.2, 0) is 11.3 Å². The molecule has 6 heteroatoms. The van der Waals surface area contributed by atoms with E-state index in [9.17, 15) is 4.79 Å². The average molecular weight is 338 g/mol. The van der Waals surface area contributed by atoms with Gasteiger partial charge in [-0.2, -0.15) is 0 Å². The van der Waals surface area contributed by atoms with Crippen LogP contribution in [0.3, 0.4) is 0 Å². The molecule has 0 unspecified atom stereocenters. The highest BCUT2D eigenvalue weighted by Crippen LogP contribution is 2.29. The monoisotopic (exact) mass is 338 g/mol. The number of hydrogen-bond donors (Lipinski definition) is 1. The minimum Gasteiger partial charge on any atom is -0.497 e. The van der Waals surface area contributed by atoms with Crippen LogP contribution in [0.25, 0.3) is 11.3 Å². The smallest absolute Gasteiger partial charge is 0.345 e. The molecule has 6 nitrogen and oxygen atoms in total. The van der Waals surface area contributed by atoms with Crippen molar-refractivity contribution in [2.75, 3.05) is 19.5 Å². The molecule has 2 aromatic carbocycles. The zero-order valence-electron chi connectivity index (χ0n) is 14.0. The first-order chi connectivity index (χ1) is 12.2. The number of nitrogens with zero attached hydrogens (tertiary/aromatic N) is 1. The molecule has 0 saturated heterocycles. The summed E-state index contributed by atoms with van der Waals surface area (Å²) >= 11 is 0. The quantitative estimate of drug-likeness (QED) is 0.690. The number of hydrogen-bond acceptors (Lipinski definition) is 6. The second-order valence-electron chi connectivity index (χ2n) is 5.29. The summed E-state index contributed by atoms with van der Waals surface area (Å²) in [5.74, 6) is 0.559. The van der Waals surface area contributed by atoms with Crippen LogP contribution in [0.1, 0.15) is 15.9 Å². The fourth-order valence-electron chi connectivity index (χ4n) is 2.42. The zero-order chi connectivity index (χ0) is 17.6. The van der Waals surface area contributed by atoms with Gasteiger partial charge in [-0.25, -0.2) is 4.79 Å². The van der Waals surface area contributed by atoms with Gasteiger partial charge in [-0.15, -0.1) is 0 Å². The van der Waals surface area contributed by atoms with E-state index in [1.54, 1.807) is 7.11 Å². The third kappa shape index (κ3) is 3.63. The molecule has 3 aromatic rings. The molecule has 0 spiro atoms. The van der Waals surface area contributed by atoms with Gasteiger partial charge in [0.2, 0.25) is 5.88 Å². The predicted molar refractivity (Wildman–Crippen MR) is 93.6 cm³/mol. The molecule has 0 aliphatic carbocycles. The Bertz CT molecular complexity index is 842. The van der Waals surface area contributed by atoms with Gasteiger partial charge in [-0.1, -0.05) is 47.6 Å². The van der Waals surface area contributed by atoms with Gasteiger partial charge in [-0.3, -0.25) is 0 Å². The van der Waals surface area contributed by atoms with Gasteiger partial charge in [-0.05, 0) is 17.7 Å². The van der Waals surface area contributed by atoms with Crippen molar-refractivity contribution in [3.63, 3.8) is 0 Å². The van der Waals surface area contributed by atoms with Crippen LogP contribution in [-0.4, -0.2) is 25.3 Å². The van der Waals surface area contributed by atoms with E-state index in [1.807, 2.05) is 54.6 Å². The van der Waals surface area contributed by atoms with Crippen LogP contribution in [0.2, 0.25) is 0 Å². The van der Waals surface area contributed by atoms with E-state index in [2.05, 4.69) is 10.5 Å². The normalized spacial score (nSPS) is 10.3. The number of carbonyl (C=O) groups is 1. The summed E-state index contributed by atoms with van der Waals surface area (Å²) < 4.78 is 15.4. The molecular weight excluding hydrogens is 320 g/mol. The first-order valence-corrected chi connectivity index (χ1v) is 7.73. The molecule has 3 rings (SSSR count). The standard InChI is InChI=1S/C19H18N2O4/c1-23-15-10-8-13(9-11-15)12-20-18-16(19(22)24-2)17(21-25-18)14-6-4-3-5-7-14/h3-11,20H,12H2,1-2H3. The van der Waals surface area contributed by atoms with E-state index in [0.717, 1.165) is 16.9 Å². The number of carbonyl (C=O) groups excluding carboxylic acids is 1. The molecule has 0 aliphatic rings. The van der Waals surface area contributed by atoms with Gasteiger partial charge in [0, 0.05) is 12.1 Å². The molecule has 0 atom stereocenters. The van der Waals surface area contributed by atoms with Crippen molar-refractivity contribution in [2.24, 2.45) is 0 Å².